The summed E-state index contributed by atoms with van der Waals surface area (Å²) in [7, 11) is 1.77. The second kappa shape index (κ2) is 5.40. The Morgan fingerprint density at radius 2 is 2.10 bits per heavy atom. The van der Waals surface area contributed by atoms with Gasteiger partial charge in [0.1, 0.15) is 5.76 Å². The number of benzene rings is 1. The van der Waals surface area contributed by atoms with E-state index in [1.807, 2.05) is 24.3 Å². The lowest BCUT2D eigenvalue weighted by Crippen LogP contribution is -2.26. The van der Waals surface area contributed by atoms with Gasteiger partial charge < -0.3 is 9.42 Å². The minimum atomic E-state index is -0.108. The number of carbonyl (C=O) groups excluding carboxylic acids is 1. The Hall–Kier alpha value is -1.62. The number of hydrogen-bond acceptors (Lipinski definition) is 3. The Bertz CT molecular complexity index is 617. The number of hydrogen-bond donors (Lipinski definition) is 0. The highest BCUT2D eigenvalue weighted by molar-refractivity contribution is 9.10. The van der Waals surface area contributed by atoms with Crippen molar-refractivity contribution in [1.82, 2.24) is 10.1 Å². The molecule has 20 heavy (non-hydrogen) atoms. The first-order valence-electron chi connectivity index (χ1n) is 6.60. The lowest BCUT2D eigenvalue weighted by atomic mass is 10.2. The molecule has 0 atom stereocenters. The van der Waals surface area contributed by atoms with Crippen LogP contribution in [0, 0.1) is 0 Å². The number of rotatable bonds is 4. The molecular formula is C15H15BrN2O2. The van der Waals surface area contributed by atoms with Gasteiger partial charge in [0.05, 0.1) is 0 Å². The van der Waals surface area contributed by atoms with E-state index >= 15 is 0 Å². The fraction of sp³-hybridized carbons (Fsp3) is 0.333. The van der Waals surface area contributed by atoms with Crippen molar-refractivity contribution in [3.8, 4) is 0 Å². The molecule has 5 heteroatoms. The molecule has 4 nitrogen and oxygen atoms in total. The number of halogens is 1. The SMILES string of the molecule is CN(Cc1ccc(Br)cc1)C(=O)c1cc(C2CC2)on1. The van der Waals surface area contributed by atoms with E-state index in [0.29, 0.717) is 18.2 Å². The van der Waals surface area contributed by atoms with E-state index in [4.69, 9.17) is 4.52 Å². The maximum atomic E-state index is 12.3. The van der Waals surface area contributed by atoms with Crippen LogP contribution in [0.4, 0.5) is 0 Å². The number of nitrogens with zero attached hydrogens (tertiary/aromatic N) is 2. The fourth-order valence-corrected chi connectivity index (χ4v) is 2.35. The summed E-state index contributed by atoms with van der Waals surface area (Å²) in [6.07, 6.45) is 2.27. The first kappa shape index (κ1) is 13.4. The molecule has 3 rings (SSSR count). The maximum absolute atomic E-state index is 12.3. The van der Waals surface area contributed by atoms with Crippen LogP contribution in [-0.2, 0) is 6.54 Å². The number of carbonyl (C=O) groups is 1. The molecule has 0 saturated heterocycles. The second-order valence-electron chi connectivity index (χ2n) is 5.18. The van der Waals surface area contributed by atoms with Gasteiger partial charge in [-0.3, -0.25) is 4.79 Å². The average molecular weight is 335 g/mol. The van der Waals surface area contributed by atoms with Crippen molar-refractivity contribution in [3.05, 3.63) is 51.8 Å². The van der Waals surface area contributed by atoms with Gasteiger partial charge in [-0.05, 0) is 30.5 Å². The van der Waals surface area contributed by atoms with Gasteiger partial charge in [-0.1, -0.05) is 33.2 Å². The zero-order chi connectivity index (χ0) is 14.1. The molecule has 104 valence electrons. The summed E-state index contributed by atoms with van der Waals surface area (Å²) in [6.45, 7) is 0.553. The van der Waals surface area contributed by atoms with Crippen LogP contribution in [0.15, 0.2) is 39.3 Å². The van der Waals surface area contributed by atoms with Crippen LogP contribution in [0.25, 0.3) is 0 Å². The van der Waals surface area contributed by atoms with E-state index in [2.05, 4.69) is 21.1 Å². The topological polar surface area (TPSA) is 46.3 Å². The normalized spacial score (nSPS) is 14.3. The van der Waals surface area contributed by atoms with Gasteiger partial charge in [0, 0.05) is 30.0 Å². The van der Waals surface area contributed by atoms with Crippen molar-refractivity contribution in [1.29, 1.82) is 0 Å². The third-order valence-corrected chi connectivity index (χ3v) is 3.94. The second-order valence-corrected chi connectivity index (χ2v) is 6.09. The number of aromatic nitrogens is 1. The molecule has 0 N–H and O–H groups in total. The van der Waals surface area contributed by atoms with Crippen molar-refractivity contribution in [2.75, 3.05) is 7.05 Å². The molecule has 0 spiro atoms. The summed E-state index contributed by atoms with van der Waals surface area (Å²) < 4.78 is 6.25. The fourth-order valence-electron chi connectivity index (χ4n) is 2.08. The molecule has 1 aromatic heterocycles. The third-order valence-electron chi connectivity index (χ3n) is 3.41. The van der Waals surface area contributed by atoms with E-state index in [9.17, 15) is 4.79 Å². The van der Waals surface area contributed by atoms with Crippen LogP contribution in [0.3, 0.4) is 0 Å². The van der Waals surface area contributed by atoms with Crippen LogP contribution < -0.4 is 0 Å². The van der Waals surface area contributed by atoms with Crippen LogP contribution in [0.1, 0.15) is 40.6 Å². The van der Waals surface area contributed by atoms with Gasteiger partial charge in [-0.25, -0.2) is 0 Å². The molecule has 1 aliphatic rings. The molecule has 0 radical (unpaired) electrons. The molecule has 0 bridgehead atoms. The van der Waals surface area contributed by atoms with E-state index in [-0.39, 0.29) is 5.91 Å². The average Bonchev–Trinajstić information content (AvgIpc) is 3.18. The predicted molar refractivity (Wildman–Crippen MR) is 78.4 cm³/mol. The van der Waals surface area contributed by atoms with E-state index in [1.165, 1.54) is 0 Å². The van der Waals surface area contributed by atoms with Crippen LogP contribution in [-0.4, -0.2) is 23.0 Å². The quantitative estimate of drug-likeness (QED) is 0.858. The van der Waals surface area contributed by atoms with E-state index in [0.717, 1.165) is 28.6 Å². The van der Waals surface area contributed by atoms with Crippen LogP contribution in [0.2, 0.25) is 0 Å². The number of amides is 1. The van der Waals surface area contributed by atoms with Crippen LogP contribution in [0.5, 0.6) is 0 Å². The first-order valence-corrected chi connectivity index (χ1v) is 7.39. The minimum absolute atomic E-state index is 0.108. The zero-order valence-corrected chi connectivity index (χ0v) is 12.8. The van der Waals surface area contributed by atoms with Gasteiger partial charge in [0.25, 0.3) is 5.91 Å². The largest absolute Gasteiger partial charge is 0.360 e. The Labute approximate surface area is 125 Å². The molecule has 1 aromatic carbocycles. The van der Waals surface area contributed by atoms with E-state index in [1.54, 1.807) is 18.0 Å². The summed E-state index contributed by atoms with van der Waals surface area (Å²) >= 11 is 3.40. The van der Waals surface area contributed by atoms with Crippen molar-refractivity contribution < 1.29 is 9.32 Å². The maximum Gasteiger partial charge on any atom is 0.276 e. The van der Waals surface area contributed by atoms with Gasteiger partial charge >= 0.3 is 0 Å². The van der Waals surface area contributed by atoms with Crippen LogP contribution >= 0.6 is 15.9 Å². The molecule has 0 unspecified atom stereocenters. The highest BCUT2D eigenvalue weighted by Gasteiger charge is 2.29. The summed E-state index contributed by atoms with van der Waals surface area (Å²) in [6, 6.07) is 9.69. The van der Waals surface area contributed by atoms with Gasteiger partial charge in [-0.2, -0.15) is 0 Å². The Morgan fingerprint density at radius 3 is 2.75 bits per heavy atom. The molecular weight excluding hydrogens is 320 g/mol. The highest BCUT2D eigenvalue weighted by atomic mass is 79.9. The highest BCUT2D eigenvalue weighted by Crippen LogP contribution is 2.40. The summed E-state index contributed by atoms with van der Waals surface area (Å²) in [4.78, 5) is 13.9. The molecule has 2 aromatic rings. The molecule has 0 aliphatic heterocycles. The Kier molecular flexibility index (Phi) is 3.61. The van der Waals surface area contributed by atoms with Gasteiger partial charge in [-0.15, -0.1) is 0 Å². The monoisotopic (exact) mass is 334 g/mol. The Balaban J connectivity index is 1.67. The lowest BCUT2D eigenvalue weighted by Gasteiger charge is -2.15. The molecule has 1 amide bonds. The first-order chi connectivity index (χ1) is 9.63. The van der Waals surface area contributed by atoms with E-state index < -0.39 is 0 Å². The van der Waals surface area contributed by atoms with Crippen molar-refractivity contribution in [3.63, 3.8) is 0 Å². The minimum Gasteiger partial charge on any atom is -0.360 e. The third kappa shape index (κ3) is 2.93. The predicted octanol–water partition coefficient (Wildman–Crippen LogP) is 3.59. The van der Waals surface area contributed by atoms with Crippen molar-refractivity contribution >= 4 is 21.8 Å². The van der Waals surface area contributed by atoms with Crippen molar-refractivity contribution in [2.24, 2.45) is 0 Å². The molecule has 1 saturated carbocycles. The Morgan fingerprint density at radius 1 is 1.40 bits per heavy atom. The smallest absolute Gasteiger partial charge is 0.276 e. The molecule has 1 heterocycles. The van der Waals surface area contributed by atoms with Gasteiger partial charge in [0.2, 0.25) is 0 Å². The standard InChI is InChI=1S/C15H15BrN2O2/c1-18(9-10-2-6-12(16)7-3-10)15(19)13-8-14(20-17-13)11-4-5-11/h2-3,6-8,11H,4-5,9H2,1H3. The zero-order valence-electron chi connectivity index (χ0n) is 11.2. The van der Waals surface area contributed by atoms with Gasteiger partial charge in [0.15, 0.2) is 5.69 Å². The lowest BCUT2D eigenvalue weighted by molar-refractivity contribution is 0.0774. The molecule has 1 aliphatic carbocycles. The summed E-state index contributed by atoms with van der Waals surface area (Å²) in [5.41, 5.74) is 1.47. The van der Waals surface area contributed by atoms with Crippen molar-refractivity contribution in [2.45, 2.75) is 25.3 Å². The summed E-state index contributed by atoms with van der Waals surface area (Å²) in [5.74, 6) is 1.20. The molecule has 1 fully saturated rings. The summed E-state index contributed by atoms with van der Waals surface area (Å²) in [5, 5.41) is 3.88.